The monoisotopic (exact) mass is 497 g/mol. The lowest BCUT2D eigenvalue weighted by Crippen LogP contribution is -2.16. The Morgan fingerprint density at radius 1 is 1.16 bits per heavy atom. The molecule has 2 aromatic carbocycles. The van der Waals surface area contributed by atoms with Gasteiger partial charge in [0.1, 0.15) is 6.61 Å². The molecule has 0 atom stereocenters. The van der Waals surface area contributed by atoms with E-state index < -0.39 is 5.97 Å². The normalized spacial score (nSPS) is 10.8. The molecule has 0 saturated heterocycles. The maximum atomic E-state index is 12.4. The molecule has 1 N–H and O–H groups in total. The van der Waals surface area contributed by atoms with Crippen LogP contribution >= 0.6 is 27.3 Å². The summed E-state index contributed by atoms with van der Waals surface area (Å²) >= 11 is 4.70. The smallest absolute Gasteiger partial charge is 0.338 e. The molecule has 4 aromatic rings. The lowest BCUT2D eigenvalue weighted by Gasteiger charge is -2.08. The van der Waals surface area contributed by atoms with Crippen LogP contribution in [0.5, 0.6) is 0 Å². The van der Waals surface area contributed by atoms with Crippen LogP contribution in [0.1, 0.15) is 32.1 Å². The Morgan fingerprint density at radius 3 is 2.65 bits per heavy atom. The summed E-state index contributed by atoms with van der Waals surface area (Å²) < 4.78 is 7.49. The zero-order valence-electron chi connectivity index (χ0n) is 16.3. The Bertz CT molecular complexity index is 1350. The topological polar surface area (TPSA) is 89.8 Å². The summed E-state index contributed by atoms with van der Waals surface area (Å²) in [4.78, 5) is 41.8. The summed E-state index contributed by atoms with van der Waals surface area (Å²) in [6.07, 6.45) is 0. The Labute approximate surface area is 189 Å². The first-order valence-corrected chi connectivity index (χ1v) is 10.9. The van der Waals surface area contributed by atoms with Gasteiger partial charge in [0.15, 0.2) is 4.96 Å². The largest absolute Gasteiger partial charge is 0.456 e. The minimum atomic E-state index is -0.548. The fourth-order valence-electron chi connectivity index (χ4n) is 2.93. The lowest BCUT2D eigenvalue weighted by atomic mass is 10.2. The predicted octanol–water partition coefficient (Wildman–Crippen LogP) is 4.44. The molecule has 4 rings (SSSR count). The molecule has 7 nitrogen and oxygen atoms in total. The number of hydrogen-bond donors (Lipinski definition) is 1. The van der Waals surface area contributed by atoms with E-state index in [1.807, 2.05) is 18.4 Å². The van der Waals surface area contributed by atoms with Gasteiger partial charge in [-0.2, -0.15) is 0 Å². The fraction of sp³-hybridized carbons (Fsp3) is 0.0909. The van der Waals surface area contributed by atoms with Crippen molar-refractivity contribution in [3.63, 3.8) is 0 Å². The second-order valence-electron chi connectivity index (χ2n) is 6.67. The van der Waals surface area contributed by atoms with E-state index in [1.54, 1.807) is 42.5 Å². The zero-order valence-corrected chi connectivity index (χ0v) is 18.7. The maximum Gasteiger partial charge on any atom is 0.338 e. The number of aromatic nitrogens is 2. The summed E-state index contributed by atoms with van der Waals surface area (Å²) in [5.74, 6) is -0.813. The molecule has 0 bridgehead atoms. The van der Waals surface area contributed by atoms with Gasteiger partial charge in [-0.1, -0.05) is 12.1 Å². The molecule has 31 heavy (non-hydrogen) atoms. The zero-order chi connectivity index (χ0) is 22.0. The van der Waals surface area contributed by atoms with E-state index >= 15 is 0 Å². The van der Waals surface area contributed by atoms with Crippen molar-refractivity contribution in [2.45, 2.75) is 13.5 Å². The molecular formula is C22H16BrN3O4S. The second-order valence-corrected chi connectivity index (χ2v) is 8.36. The average Bonchev–Trinajstić information content (AvgIpc) is 3.14. The minimum absolute atomic E-state index is 0.109. The molecule has 0 aliphatic carbocycles. The molecule has 0 saturated carbocycles. The number of fused-ring (bicyclic) bond motifs is 1. The summed E-state index contributed by atoms with van der Waals surface area (Å²) in [6.45, 7) is 1.72. The molecule has 9 heteroatoms. The third-order valence-electron chi connectivity index (χ3n) is 4.48. The highest BCUT2D eigenvalue weighted by Gasteiger charge is 2.12. The minimum Gasteiger partial charge on any atom is -0.456 e. The first-order chi connectivity index (χ1) is 14.9. The Hall–Kier alpha value is -3.30. The van der Waals surface area contributed by atoms with E-state index in [0.29, 0.717) is 31.9 Å². The number of esters is 1. The summed E-state index contributed by atoms with van der Waals surface area (Å²) in [5, 5.41) is 4.62. The van der Waals surface area contributed by atoms with Crippen LogP contribution < -0.4 is 10.9 Å². The van der Waals surface area contributed by atoms with Gasteiger partial charge < -0.3 is 10.1 Å². The third kappa shape index (κ3) is 4.57. The summed E-state index contributed by atoms with van der Waals surface area (Å²) in [5.41, 5.74) is 2.37. The van der Waals surface area contributed by atoms with Gasteiger partial charge in [-0.25, -0.2) is 9.78 Å². The molecule has 0 unspecified atom stereocenters. The van der Waals surface area contributed by atoms with Crippen LogP contribution in [0, 0.1) is 6.92 Å². The molecule has 2 heterocycles. The standard InChI is InChI=1S/C22H16BrN3O4S/c1-13-12-31-22-25-16(10-19(27)26(13)22)11-30-21(29)14-6-8-15(9-7-14)24-20(28)17-4-2-3-5-18(17)23/h2-10,12H,11H2,1H3,(H,24,28). The van der Waals surface area contributed by atoms with Crippen molar-refractivity contribution in [2.24, 2.45) is 0 Å². The van der Waals surface area contributed by atoms with E-state index in [-0.39, 0.29) is 18.1 Å². The van der Waals surface area contributed by atoms with Gasteiger partial charge >= 0.3 is 5.97 Å². The van der Waals surface area contributed by atoms with Crippen LogP contribution in [0.15, 0.2) is 69.2 Å². The van der Waals surface area contributed by atoms with Crippen LogP contribution in [-0.4, -0.2) is 21.3 Å². The number of anilines is 1. The highest BCUT2D eigenvalue weighted by molar-refractivity contribution is 9.10. The van der Waals surface area contributed by atoms with Gasteiger partial charge in [0, 0.05) is 27.3 Å². The molecule has 0 fully saturated rings. The molecule has 0 aliphatic heterocycles. The van der Waals surface area contributed by atoms with Crippen molar-refractivity contribution in [2.75, 3.05) is 5.32 Å². The van der Waals surface area contributed by atoms with Gasteiger partial charge in [-0.15, -0.1) is 11.3 Å². The number of hydrogen-bond acceptors (Lipinski definition) is 6. The van der Waals surface area contributed by atoms with Crippen LogP contribution in [-0.2, 0) is 11.3 Å². The molecule has 0 aliphatic rings. The molecule has 0 radical (unpaired) electrons. The van der Waals surface area contributed by atoms with Crippen LogP contribution in [0.3, 0.4) is 0 Å². The van der Waals surface area contributed by atoms with Crippen molar-refractivity contribution >= 4 is 49.8 Å². The van der Waals surface area contributed by atoms with E-state index in [4.69, 9.17) is 4.74 Å². The summed E-state index contributed by atoms with van der Waals surface area (Å²) in [7, 11) is 0. The van der Waals surface area contributed by atoms with Crippen molar-refractivity contribution in [3.8, 4) is 0 Å². The van der Waals surface area contributed by atoms with Crippen molar-refractivity contribution < 1.29 is 14.3 Å². The van der Waals surface area contributed by atoms with Crippen LogP contribution in [0.25, 0.3) is 4.96 Å². The highest BCUT2D eigenvalue weighted by atomic mass is 79.9. The van der Waals surface area contributed by atoms with Crippen molar-refractivity contribution in [1.29, 1.82) is 0 Å². The van der Waals surface area contributed by atoms with Crippen molar-refractivity contribution in [3.05, 3.63) is 97.3 Å². The highest BCUT2D eigenvalue weighted by Crippen LogP contribution is 2.19. The number of carbonyl (C=O) groups excluding carboxylic acids is 2. The molecule has 2 aromatic heterocycles. The molecular weight excluding hydrogens is 482 g/mol. The quantitative estimate of drug-likeness (QED) is 0.411. The number of rotatable bonds is 5. The van der Waals surface area contributed by atoms with Gasteiger partial charge in [0.05, 0.1) is 16.8 Å². The predicted molar refractivity (Wildman–Crippen MR) is 122 cm³/mol. The molecule has 1 amide bonds. The number of thiazole rings is 1. The number of amides is 1. The van der Waals surface area contributed by atoms with E-state index in [1.165, 1.54) is 21.8 Å². The second kappa shape index (κ2) is 8.83. The summed E-state index contributed by atoms with van der Waals surface area (Å²) in [6, 6.07) is 14.8. The first-order valence-electron chi connectivity index (χ1n) is 9.22. The number of nitrogens with zero attached hydrogens (tertiary/aromatic N) is 2. The van der Waals surface area contributed by atoms with E-state index in [2.05, 4.69) is 26.2 Å². The maximum absolute atomic E-state index is 12.4. The number of carbonyl (C=O) groups is 2. The lowest BCUT2D eigenvalue weighted by molar-refractivity contribution is 0.0467. The fourth-order valence-corrected chi connectivity index (χ4v) is 4.29. The number of aryl methyl sites for hydroxylation is 1. The molecule has 156 valence electrons. The molecule has 0 spiro atoms. The number of benzene rings is 2. The van der Waals surface area contributed by atoms with E-state index in [0.717, 1.165) is 5.69 Å². The number of nitrogens with one attached hydrogen (secondary N) is 1. The SMILES string of the molecule is Cc1csc2nc(COC(=O)c3ccc(NC(=O)c4ccccc4Br)cc3)cc(=O)n12. The van der Waals surface area contributed by atoms with Crippen LogP contribution in [0.2, 0.25) is 0 Å². The number of halogens is 1. The Balaban J connectivity index is 1.40. The van der Waals surface area contributed by atoms with Crippen molar-refractivity contribution in [1.82, 2.24) is 9.38 Å². The van der Waals surface area contributed by atoms with Crippen LogP contribution in [0.4, 0.5) is 5.69 Å². The first kappa shape index (κ1) is 21.0. The van der Waals surface area contributed by atoms with Gasteiger partial charge in [0.25, 0.3) is 11.5 Å². The van der Waals surface area contributed by atoms with Gasteiger partial charge in [0.2, 0.25) is 0 Å². The Kier molecular flexibility index (Phi) is 5.97. The van der Waals surface area contributed by atoms with E-state index in [9.17, 15) is 14.4 Å². The van der Waals surface area contributed by atoms with Gasteiger partial charge in [-0.05, 0) is 59.3 Å². The Morgan fingerprint density at radius 2 is 1.90 bits per heavy atom. The number of ether oxygens (including phenoxy) is 1. The third-order valence-corrected chi connectivity index (χ3v) is 6.11. The van der Waals surface area contributed by atoms with Gasteiger partial charge in [-0.3, -0.25) is 14.0 Å². The average molecular weight is 498 g/mol.